The Morgan fingerprint density at radius 2 is 1.67 bits per heavy atom. The van der Waals surface area contributed by atoms with Crippen molar-refractivity contribution in [3.8, 4) is 11.5 Å². The molecule has 11 nitrogen and oxygen atoms in total. The Hall–Kier alpha value is -3.83. The van der Waals surface area contributed by atoms with Gasteiger partial charge in [-0.3, -0.25) is 9.59 Å². The van der Waals surface area contributed by atoms with Gasteiger partial charge < -0.3 is 39.8 Å². The van der Waals surface area contributed by atoms with E-state index < -0.39 is 12.1 Å². The van der Waals surface area contributed by atoms with Crippen LogP contribution in [0.1, 0.15) is 82.5 Å². The van der Waals surface area contributed by atoms with E-state index in [4.69, 9.17) is 14.2 Å². The molecule has 11 heteroatoms. The Balaban J connectivity index is 1.57. The van der Waals surface area contributed by atoms with Crippen LogP contribution < -0.4 is 20.1 Å². The second-order valence-corrected chi connectivity index (χ2v) is 13.4. The molecule has 264 valence electrons. The summed E-state index contributed by atoms with van der Waals surface area (Å²) in [7, 11) is 3.43. The standard InChI is InChI=1S/C37H54N4O7/c1-25-22-41(26(2)24-42)36(44)32-21-30(39-37(45)38-29-14-17-31(46-5)18-15-29)16-19-33(32)48-27(3)11-9-10-20-47-34(25)23-40(4)35(43)28-12-7-6-8-13-28/h14-19,21,25-28,34,42H,6-13,20,22-24H2,1-5H3,(H2,38,39,45)/t25-,26+,27-,34-/m1/s1. The van der Waals surface area contributed by atoms with Gasteiger partial charge in [-0.2, -0.15) is 0 Å². The van der Waals surface area contributed by atoms with E-state index in [2.05, 4.69) is 10.6 Å². The van der Waals surface area contributed by atoms with Gasteiger partial charge in [-0.1, -0.05) is 26.2 Å². The van der Waals surface area contributed by atoms with Crippen molar-refractivity contribution in [1.29, 1.82) is 0 Å². The average Bonchev–Trinajstić information content (AvgIpc) is 3.09. The number of amides is 4. The average molecular weight is 667 g/mol. The third-order valence-electron chi connectivity index (χ3n) is 9.44. The second kappa shape index (κ2) is 18.1. The number of hydrogen-bond donors (Lipinski definition) is 3. The van der Waals surface area contributed by atoms with Gasteiger partial charge in [0.05, 0.1) is 37.5 Å². The molecule has 4 amide bonds. The van der Waals surface area contributed by atoms with Crippen LogP contribution in [0.5, 0.6) is 11.5 Å². The minimum Gasteiger partial charge on any atom is -0.497 e. The normalized spacial score (nSPS) is 22.0. The number of carbonyl (C=O) groups is 3. The summed E-state index contributed by atoms with van der Waals surface area (Å²) in [6.07, 6.45) is 7.23. The van der Waals surface area contributed by atoms with Crippen LogP contribution in [0, 0.1) is 11.8 Å². The first-order chi connectivity index (χ1) is 23.1. The lowest BCUT2D eigenvalue weighted by atomic mass is 9.88. The summed E-state index contributed by atoms with van der Waals surface area (Å²) in [5, 5.41) is 15.9. The van der Waals surface area contributed by atoms with Gasteiger partial charge in [0.2, 0.25) is 5.91 Å². The van der Waals surface area contributed by atoms with E-state index in [-0.39, 0.29) is 48.0 Å². The number of methoxy groups -OCH3 is 1. The van der Waals surface area contributed by atoms with E-state index in [1.165, 1.54) is 6.42 Å². The van der Waals surface area contributed by atoms with E-state index in [1.807, 2.05) is 25.8 Å². The Kier molecular flexibility index (Phi) is 13.9. The number of nitrogens with one attached hydrogen (secondary N) is 2. The maximum Gasteiger partial charge on any atom is 0.323 e. The number of urea groups is 1. The molecule has 3 N–H and O–H groups in total. The molecule has 1 heterocycles. The molecule has 0 aromatic heterocycles. The summed E-state index contributed by atoms with van der Waals surface area (Å²) in [4.78, 5) is 44.1. The lowest BCUT2D eigenvalue weighted by Crippen LogP contribution is -2.48. The molecule has 0 unspecified atom stereocenters. The molecule has 1 aliphatic heterocycles. The first-order valence-corrected chi connectivity index (χ1v) is 17.4. The number of nitrogens with zero attached hydrogens (tertiary/aromatic N) is 2. The summed E-state index contributed by atoms with van der Waals surface area (Å²) < 4.78 is 17.9. The largest absolute Gasteiger partial charge is 0.497 e. The van der Waals surface area contributed by atoms with Crippen molar-refractivity contribution in [3.63, 3.8) is 0 Å². The van der Waals surface area contributed by atoms with Gasteiger partial charge in [-0.25, -0.2) is 4.79 Å². The van der Waals surface area contributed by atoms with Gasteiger partial charge >= 0.3 is 6.03 Å². The van der Waals surface area contributed by atoms with Crippen LogP contribution in [0.2, 0.25) is 0 Å². The molecule has 1 aliphatic carbocycles. The quantitative estimate of drug-likeness (QED) is 0.307. The third kappa shape index (κ3) is 10.3. The minimum atomic E-state index is -0.504. The van der Waals surface area contributed by atoms with Crippen molar-refractivity contribution in [2.45, 2.75) is 90.4 Å². The highest BCUT2D eigenvalue weighted by atomic mass is 16.5. The lowest BCUT2D eigenvalue weighted by molar-refractivity contribution is -0.137. The molecule has 1 fully saturated rings. The van der Waals surface area contributed by atoms with Gasteiger partial charge in [-0.15, -0.1) is 0 Å². The highest BCUT2D eigenvalue weighted by Crippen LogP contribution is 2.29. The smallest absolute Gasteiger partial charge is 0.323 e. The van der Waals surface area contributed by atoms with Crippen LogP contribution in [-0.4, -0.2) is 91.5 Å². The van der Waals surface area contributed by atoms with Gasteiger partial charge in [0.25, 0.3) is 5.91 Å². The topological polar surface area (TPSA) is 130 Å². The predicted octanol–water partition coefficient (Wildman–Crippen LogP) is 6.17. The zero-order valence-corrected chi connectivity index (χ0v) is 29.2. The maximum atomic E-state index is 14.4. The Morgan fingerprint density at radius 3 is 2.35 bits per heavy atom. The number of rotatable bonds is 8. The number of aliphatic hydroxyl groups excluding tert-OH is 1. The highest BCUT2D eigenvalue weighted by Gasteiger charge is 2.32. The second-order valence-electron chi connectivity index (χ2n) is 13.4. The Labute approximate surface area is 285 Å². The van der Waals surface area contributed by atoms with Crippen LogP contribution in [0.4, 0.5) is 16.2 Å². The van der Waals surface area contributed by atoms with Crippen molar-refractivity contribution in [2.24, 2.45) is 11.8 Å². The Morgan fingerprint density at radius 1 is 1.00 bits per heavy atom. The fourth-order valence-electron chi connectivity index (χ4n) is 6.45. The molecule has 4 rings (SSSR count). The van der Waals surface area contributed by atoms with Crippen LogP contribution in [0.25, 0.3) is 0 Å². The molecule has 0 spiro atoms. The van der Waals surface area contributed by atoms with E-state index in [0.717, 1.165) is 44.9 Å². The number of aliphatic hydroxyl groups is 1. The van der Waals surface area contributed by atoms with E-state index >= 15 is 0 Å². The van der Waals surface area contributed by atoms with Crippen molar-refractivity contribution >= 4 is 29.2 Å². The number of fused-ring (bicyclic) bond motifs is 1. The van der Waals surface area contributed by atoms with Gasteiger partial charge in [0.1, 0.15) is 11.5 Å². The molecule has 48 heavy (non-hydrogen) atoms. The van der Waals surface area contributed by atoms with Crippen LogP contribution >= 0.6 is 0 Å². The number of carbonyl (C=O) groups excluding carboxylic acids is 3. The summed E-state index contributed by atoms with van der Waals surface area (Å²) in [5.41, 5.74) is 1.29. The van der Waals surface area contributed by atoms with Crippen molar-refractivity contribution in [1.82, 2.24) is 9.80 Å². The van der Waals surface area contributed by atoms with Gasteiger partial charge in [0, 0.05) is 50.0 Å². The van der Waals surface area contributed by atoms with Crippen LogP contribution in [0.15, 0.2) is 42.5 Å². The van der Waals surface area contributed by atoms with E-state index in [9.17, 15) is 19.5 Å². The number of benzene rings is 2. The third-order valence-corrected chi connectivity index (χ3v) is 9.44. The van der Waals surface area contributed by atoms with Crippen molar-refractivity contribution < 1.29 is 33.7 Å². The zero-order valence-electron chi connectivity index (χ0n) is 29.2. The highest BCUT2D eigenvalue weighted by molar-refractivity contribution is 6.02. The molecule has 0 bridgehead atoms. The predicted molar refractivity (Wildman–Crippen MR) is 187 cm³/mol. The molecule has 1 saturated carbocycles. The number of hydrogen-bond acceptors (Lipinski definition) is 7. The van der Waals surface area contributed by atoms with Crippen molar-refractivity contribution in [2.75, 3.05) is 51.1 Å². The molecule has 2 aromatic rings. The number of likely N-dealkylation sites (N-methyl/N-ethyl adjacent to an activating group) is 1. The van der Waals surface area contributed by atoms with Gasteiger partial charge in [0.15, 0.2) is 0 Å². The molecular formula is C37H54N4O7. The van der Waals surface area contributed by atoms with E-state index in [0.29, 0.717) is 42.6 Å². The fraction of sp³-hybridized carbons (Fsp3) is 0.595. The Bertz CT molecular complexity index is 1350. The first-order valence-electron chi connectivity index (χ1n) is 17.4. The van der Waals surface area contributed by atoms with Crippen molar-refractivity contribution in [3.05, 3.63) is 48.0 Å². The first kappa shape index (κ1) is 37.0. The molecule has 0 radical (unpaired) electrons. The summed E-state index contributed by atoms with van der Waals surface area (Å²) in [6.45, 7) is 6.83. The molecule has 2 aliphatic rings. The maximum absolute atomic E-state index is 14.4. The zero-order chi connectivity index (χ0) is 34.6. The molecule has 0 saturated heterocycles. The number of anilines is 2. The fourth-order valence-corrected chi connectivity index (χ4v) is 6.45. The summed E-state index contributed by atoms with van der Waals surface area (Å²) in [6, 6.07) is 11.0. The number of ether oxygens (including phenoxy) is 3. The monoisotopic (exact) mass is 666 g/mol. The van der Waals surface area contributed by atoms with Crippen LogP contribution in [0.3, 0.4) is 0 Å². The van der Waals surface area contributed by atoms with Crippen LogP contribution in [-0.2, 0) is 9.53 Å². The van der Waals surface area contributed by atoms with E-state index in [1.54, 1.807) is 61.4 Å². The SMILES string of the molecule is COc1ccc(NC(=O)Nc2ccc3c(c2)C(=O)N([C@@H](C)CO)C[C@@H](C)[C@@H](CN(C)C(=O)C2CCCCC2)OCCCC[C@@H](C)O3)cc1. The van der Waals surface area contributed by atoms with Gasteiger partial charge in [-0.05, 0) is 88.4 Å². The summed E-state index contributed by atoms with van der Waals surface area (Å²) >= 11 is 0. The molecular weight excluding hydrogens is 612 g/mol. The lowest BCUT2D eigenvalue weighted by Gasteiger charge is -2.36. The summed E-state index contributed by atoms with van der Waals surface area (Å²) in [5.74, 6) is 0.842. The minimum absolute atomic E-state index is 0.0594. The molecule has 4 atom stereocenters. The molecule has 2 aromatic carbocycles.